The van der Waals surface area contributed by atoms with E-state index >= 15 is 0 Å². The zero-order valence-corrected chi connectivity index (χ0v) is 13.1. The first-order valence-corrected chi connectivity index (χ1v) is 8.96. The number of sulfone groups is 1. The molecule has 2 unspecified atom stereocenters. The first-order valence-electron chi connectivity index (χ1n) is 6.76. The molecule has 0 bridgehead atoms. The van der Waals surface area contributed by atoms with Crippen LogP contribution in [-0.2, 0) is 9.84 Å². The van der Waals surface area contributed by atoms with Crippen LogP contribution in [0.25, 0.3) is 0 Å². The van der Waals surface area contributed by atoms with Crippen LogP contribution in [0.15, 0.2) is 24.3 Å². The van der Waals surface area contributed by atoms with Gasteiger partial charge in [0.2, 0.25) is 0 Å². The van der Waals surface area contributed by atoms with E-state index in [-0.39, 0.29) is 17.5 Å². The average Bonchev–Trinajstić information content (AvgIpc) is 2.37. The van der Waals surface area contributed by atoms with E-state index in [0.717, 1.165) is 5.56 Å². The Kier molecular flexibility index (Phi) is 5.07. The van der Waals surface area contributed by atoms with Gasteiger partial charge >= 0.3 is 0 Å². The molecule has 1 aromatic rings. The van der Waals surface area contributed by atoms with Crippen molar-refractivity contribution in [3.05, 3.63) is 34.9 Å². The topological polar surface area (TPSA) is 57.6 Å². The van der Waals surface area contributed by atoms with Crippen LogP contribution in [0.4, 0.5) is 0 Å². The second-order valence-corrected chi connectivity index (χ2v) is 7.96. The maximum absolute atomic E-state index is 11.5. The number of aliphatic hydroxyl groups excluding tert-OH is 1. The number of rotatable bonds is 4. The minimum atomic E-state index is -2.89. The van der Waals surface area contributed by atoms with Gasteiger partial charge in [0.25, 0.3) is 0 Å². The maximum atomic E-state index is 11.5. The molecule has 1 aliphatic heterocycles. The van der Waals surface area contributed by atoms with Crippen LogP contribution in [0.1, 0.15) is 25.0 Å². The number of nitrogens with zero attached hydrogens (tertiary/aromatic N) is 1. The van der Waals surface area contributed by atoms with Gasteiger partial charge in [-0.15, -0.1) is 0 Å². The molecule has 0 aromatic heterocycles. The molecule has 0 amide bonds. The number of aliphatic hydroxyl groups is 1. The predicted octanol–water partition coefficient (Wildman–Crippen LogP) is 1.88. The van der Waals surface area contributed by atoms with Crippen LogP contribution >= 0.6 is 11.6 Å². The normalized spacial score (nSPS) is 24.4. The van der Waals surface area contributed by atoms with Crippen LogP contribution in [0.2, 0.25) is 5.02 Å². The van der Waals surface area contributed by atoms with E-state index in [2.05, 4.69) is 4.90 Å². The molecule has 1 aliphatic rings. The lowest BCUT2D eigenvalue weighted by atomic mass is 10.1. The number of halogens is 1. The quantitative estimate of drug-likeness (QED) is 0.921. The highest BCUT2D eigenvalue weighted by molar-refractivity contribution is 7.91. The minimum absolute atomic E-state index is 0.00666. The Morgan fingerprint density at radius 3 is 2.80 bits per heavy atom. The van der Waals surface area contributed by atoms with Gasteiger partial charge in [-0.05, 0) is 25.0 Å². The van der Waals surface area contributed by atoms with E-state index in [1.807, 2.05) is 25.1 Å². The fourth-order valence-electron chi connectivity index (χ4n) is 2.55. The SMILES string of the molecule is CC1CS(=O)(=O)CCN1CCC(O)c1ccccc1Cl. The summed E-state index contributed by atoms with van der Waals surface area (Å²) < 4.78 is 23.0. The van der Waals surface area contributed by atoms with Crippen molar-refractivity contribution in [2.24, 2.45) is 0 Å². The van der Waals surface area contributed by atoms with Gasteiger partial charge < -0.3 is 5.11 Å². The van der Waals surface area contributed by atoms with Crippen molar-refractivity contribution in [2.75, 3.05) is 24.6 Å². The Balaban J connectivity index is 1.91. The third-order valence-corrected chi connectivity index (χ3v) is 5.90. The van der Waals surface area contributed by atoms with E-state index in [9.17, 15) is 13.5 Å². The summed E-state index contributed by atoms with van der Waals surface area (Å²) >= 11 is 6.05. The van der Waals surface area contributed by atoms with E-state index < -0.39 is 15.9 Å². The van der Waals surface area contributed by atoms with Gasteiger partial charge in [-0.25, -0.2) is 8.42 Å². The Hall–Kier alpha value is -0.620. The van der Waals surface area contributed by atoms with Gasteiger partial charge in [-0.3, -0.25) is 4.90 Å². The molecule has 0 saturated carbocycles. The zero-order valence-electron chi connectivity index (χ0n) is 11.5. The van der Waals surface area contributed by atoms with Gasteiger partial charge in [0.1, 0.15) is 0 Å². The molecule has 112 valence electrons. The molecular weight excluding hydrogens is 298 g/mol. The van der Waals surface area contributed by atoms with E-state index in [0.29, 0.717) is 24.5 Å². The summed E-state index contributed by atoms with van der Waals surface area (Å²) in [5.74, 6) is 0.411. The largest absolute Gasteiger partial charge is 0.388 e. The first-order chi connectivity index (χ1) is 9.39. The minimum Gasteiger partial charge on any atom is -0.388 e. The molecule has 2 rings (SSSR count). The monoisotopic (exact) mass is 317 g/mol. The highest BCUT2D eigenvalue weighted by Gasteiger charge is 2.28. The zero-order chi connectivity index (χ0) is 14.8. The van der Waals surface area contributed by atoms with E-state index in [4.69, 9.17) is 11.6 Å². The lowest BCUT2D eigenvalue weighted by Crippen LogP contribution is -2.47. The lowest BCUT2D eigenvalue weighted by Gasteiger charge is -2.33. The number of hydrogen-bond donors (Lipinski definition) is 1. The fraction of sp³-hybridized carbons (Fsp3) is 0.571. The first kappa shape index (κ1) is 15.8. The van der Waals surface area contributed by atoms with Crippen molar-refractivity contribution in [2.45, 2.75) is 25.5 Å². The Bertz CT molecular complexity index is 561. The summed E-state index contributed by atoms with van der Waals surface area (Å²) in [5.41, 5.74) is 0.728. The van der Waals surface area contributed by atoms with Crippen molar-refractivity contribution in [1.29, 1.82) is 0 Å². The van der Waals surface area contributed by atoms with Crippen LogP contribution in [-0.4, -0.2) is 49.1 Å². The molecule has 6 heteroatoms. The van der Waals surface area contributed by atoms with Crippen molar-refractivity contribution in [3.63, 3.8) is 0 Å². The highest BCUT2D eigenvalue weighted by atomic mass is 35.5. The average molecular weight is 318 g/mol. The smallest absolute Gasteiger partial charge is 0.153 e. The van der Waals surface area contributed by atoms with Gasteiger partial charge in [-0.1, -0.05) is 29.8 Å². The van der Waals surface area contributed by atoms with Crippen LogP contribution in [0, 0.1) is 0 Å². The third kappa shape index (κ3) is 3.95. The molecule has 1 aromatic carbocycles. The van der Waals surface area contributed by atoms with E-state index in [1.54, 1.807) is 6.07 Å². The van der Waals surface area contributed by atoms with E-state index in [1.165, 1.54) is 0 Å². The molecule has 1 heterocycles. The summed E-state index contributed by atoms with van der Waals surface area (Å²) in [6.45, 7) is 3.13. The van der Waals surface area contributed by atoms with Gasteiger partial charge in [0, 0.05) is 24.2 Å². The highest BCUT2D eigenvalue weighted by Crippen LogP contribution is 2.25. The summed E-state index contributed by atoms with van der Waals surface area (Å²) in [6, 6.07) is 7.26. The second-order valence-electron chi connectivity index (χ2n) is 5.33. The molecular formula is C14H20ClNO3S. The second kappa shape index (κ2) is 6.43. The Morgan fingerprint density at radius 2 is 2.15 bits per heavy atom. The van der Waals surface area contributed by atoms with Crippen molar-refractivity contribution in [3.8, 4) is 0 Å². The van der Waals surface area contributed by atoms with Crippen LogP contribution in [0.5, 0.6) is 0 Å². The molecule has 1 saturated heterocycles. The molecule has 1 fully saturated rings. The standard InChI is InChI=1S/C14H20ClNO3S/c1-11-10-20(18,19)9-8-16(11)7-6-14(17)12-4-2-3-5-13(12)15/h2-5,11,14,17H,6-10H2,1H3. The van der Waals surface area contributed by atoms with Crippen molar-refractivity contribution in [1.82, 2.24) is 4.90 Å². The predicted molar refractivity (Wildman–Crippen MR) is 80.7 cm³/mol. The van der Waals surface area contributed by atoms with Crippen molar-refractivity contribution < 1.29 is 13.5 Å². The van der Waals surface area contributed by atoms with Crippen molar-refractivity contribution >= 4 is 21.4 Å². The summed E-state index contributed by atoms with van der Waals surface area (Å²) in [4.78, 5) is 2.11. The number of hydrogen-bond acceptors (Lipinski definition) is 4. The summed E-state index contributed by atoms with van der Waals surface area (Å²) in [5, 5.41) is 10.8. The molecule has 4 nitrogen and oxygen atoms in total. The summed E-state index contributed by atoms with van der Waals surface area (Å²) in [6.07, 6.45) is -0.0665. The molecule has 0 radical (unpaired) electrons. The number of benzene rings is 1. The third-order valence-electron chi connectivity index (χ3n) is 3.76. The van der Waals surface area contributed by atoms with Gasteiger partial charge in [-0.2, -0.15) is 0 Å². The molecule has 20 heavy (non-hydrogen) atoms. The van der Waals surface area contributed by atoms with Gasteiger partial charge in [0.05, 0.1) is 17.6 Å². The fourth-order valence-corrected chi connectivity index (χ4v) is 4.44. The summed E-state index contributed by atoms with van der Waals surface area (Å²) in [7, 11) is -2.89. The van der Waals surface area contributed by atoms with Crippen LogP contribution in [0.3, 0.4) is 0 Å². The molecule has 2 atom stereocenters. The lowest BCUT2D eigenvalue weighted by molar-refractivity contribution is 0.132. The Labute approximate surface area is 125 Å². The maximum Gasteiger partial charge on any atom is 0.153 e. The van der Waals surface area contributed by atoms with Gasteiger partial charge in [0.15, 0.2) is 9.84 Å². The molecule has 0 spiro atoms. The Morgan fingerprint density at radius 1 is 1.45 bits per heavy atom. The molecule has 0 aliphatic carbocycles. The molecule has 1 N–H and O–H groups in total. The van der Waals surface area contributed by atoms with Crippen LogP contribution < -0.4 is 0 Å².